The van der Waals surface area contributed by atoms with Crippen LogP contribution in [0.3, 0.4) is 0 Å². The molecule has 1 heterocycles. The molecule has 0 aromatic heterocycles. The molecule has 1 rings (SSSR count). The summed E-state index contributed by atoms with van der Waals surface area (Å²) in [6.45, 7) is 4.46. The number of imide groups is 1. The molecule has 0 saturated heterocycles. The van der Waals surface area contributed by atoms with Crippen LogP contribution in [0.15, 0.2) is 23.7 Å². The second-order valence-corrected chi connectivity index (χ2v) is 2.91. The molecule has 2 amide bonds. The molecular weight excluding hydrogens is 180 g/mol. The second-order valence-electron chi connectivity index (χ2n) is 2.91. The predicted octanol–water partition coefficient (Wildman–Crippen LogP) is 0.547. The molecule has 14 heavy (non-hydrogen) atoms. The molecule has 1 aliphatic rings. The summed E-state index contributed by atoms with van der Waals surface area (Å²) < 4.78 is 0. The smallest absolute Gasteiger partial charge is 0.253 e. The van der Waals surface area contributed by atoms with E-state index in [9.17, 15) is 9.59 Å². The molecule has 0 aliphatic carbocycles. The van der Waals surface area contributed by atoms with Crippen LogP contribution in [0.4, 0.5) is 0 Å². The van der Waals surface area contributed by atoms with E-state index in [1.54, 1.807) is 0 Å². The highest BCUT2D eigenvalue weighted by molar-refractivity contribution is 6.12. The number of aliphatic imine (C=N–C) groups is 1. The van der Waals surface area contributed by atoms with Gasteiger partial charge in [-0.1, -0.05) is 0 Å². The predicted molar refractivity (Wildman–Crippen MR) is 53.0 cm³/mol. The van der Waals surface area contributed by atoms with Crippen LogP contribution in [0.1, 0.15) is 12.8 Å². The van der Waals surface area contributed by atoms with E-state index < -0.39 is 0 Å². The van der Waals surface area contributed by atoms with Gasteiger partial charge in [-0.3, -0.25) is 14.5 Å². The van der Waals surface area contributed by atoms with Crippen LogP contribution in [0.25, 0.3) is 0 Å². The first-order valence-corrected chi connectivity index (χ1v) is 4.48. The summed E-state index contributed by atoms with van der Waals surface area (Å²) in [5.74, 6) is 1.99. The van der Waals surface area contributed by atoms with Crippen LogP contribution < -0.4 is 0 Å². The topological polar surface area (TPSA) is 49.7 Å². The molecule has 4 heteroatoms. The molecule has 0 aromatic carbocycles. The number of carbonyl (C=O) groups is 2. The number of carbonyl (C=O) groups excluding carboxylic acids is 2. The van der Waals surface area contributed by atoms with Crippen LogP contribution in [-0.2, 0) is 9.59 Å². The minimum atomic E-state index is -0.220. The van der Waals surface area contributed by atoms with Crippen molar-refractivity contribution < 1.29 is 9.59 Å². The summed E-state index contributed by atoms with van der Waals surface area (Å²) in [7, 11) is 0. The van der Waals surface area contributed by atoms with Gasteiger partial charge in [0, 0.05) is 25.2 Å². The van der Waals surface area contributed by atoms with Crippen molar-refractivity contribution >= 4 is 17.7 Å². The van der Waals surface area contributed by atoms with Gasteiger partial charge in [0.25, 0.3) is 11.8 Å². The van der Waals surface area contributed by atoms with Gasteiger partial charge in [-0.25, -0.2) is 4.99 Å². The van der Waals surface area contributed by atoms with Crippen LogP contribution in [0, 0.1) is 0 Å². The number of amides is 2. The standard InChI is InChI=1S/C10H12N2O2/c1-2-11-7-3-4-8-12-9(13)5-6-10(12)14/h5-6H,1,3-4,7-8H2. The zero-order chi connectivity index (χ0) is 10.4. The number of hydrogen-bond acceptors (Lipinski definition) is 3. The molecule has 0 atom stereocenters. The Labute approximate surface area is 82.6 Å². The zero-order valence-electron chi connectivity index (χ0n) is 7.90. The Morgan fingerprint density at radius 1 is 1.29 bits per heavy atom. The molecule has 0 aromatic rings. The van der Waals surface area contributed by atoms with Crippen molar-refractivity contribution in [2.24, 2.45) is 4.99 Å². The number of nitrogens with zero attached hydrogens (tertiary/aromatic N) is 2. The van der Waals surface area contributed by atoms with E-state index in [0.717, 1.165) is 12.8 Å². The Hall–Kier alpha value is -1.67. The fourth-order valence-corrected chi connectivity index (χ4v) is 1.19. The van der Waals surface area contributed by atoms with E-state index in [2.05, 4.69) is 17.4 Å². The van der Waals surface area contributed by atoms with Gasteiger partial charge in [0.15, 0.2) is 0 Å². The van der Waals surface area contributed by atoms with Crippen molar-refractivity contribution in [3.8, 4) is 0 Å². The van der Waals surface area contributed by atoms with Crippen molar-refractivity contribution in [2.75, 3.05) is 13.1 Å². The quantitative estimate of drug-likeness (QED) is 0.363. The summed E-state index contributed by atoms with van der Waals surface area (Å²) in [4.78, 5) is 27.2. The van der Waals surface area contributed by atoms with E-state index in [-0.39, 0.29) is 11.8 Å². The van der Waals surface area contributed by atoms with Crippen molar-refractivity contribution in [3.63, 3.8) is 0 Å². The van der Waals surface area contributed by atoms with Crippen LogP contribution in [0.5, 0.6) is 0 Å². The van der Waals surface area contributed by atoms with Crippen LogP contribution in [-0.4, -0.2) is 35.7 Å². The highest BCUT2D eigenvalue weighted by Crippen LogP contribution is 2.05. The fraction of sp³-hybridized carbons (Fsp3) is 0.400. The third kappa shape index (κ3) is 2.68. The lowest BCUT2D eigenvalue weighted by atomic mass is 10.3. The first-order valence-electron chi connectivity index (χ1n) is 4.48. The van der Waals surface area contributed by atoms with Crippen molar-refractivity contribution in [3.05, 3.63) is 18.7 Å². The summed E-state index contributed by atoms with van der Waals surface area (Å²) in [6, 6.07) is 0. The van der Waals surface area contributed by atoms with Gasteiger partial charge in [-0.2, -0.15) is 0 Å². The minimum absolute atomic E-state index is 0.220. The molecular formula is C10H12N2O2. The monoisotopic (exact) mass is 192 g/mol. The van der Waals surface area contributed by atoms with Gasteiger partial charge >= 0.3 is 0 Å². The Bertz CT molecular complexity index is 296. The SMILES string of the molecule is C=C=NCCCCN1C(=O)C=CC1=O. The first-order chi connectivity index (χ1) is 6.75. The van der Waals surface area contributed by atoms with E-state index in [4.69, 9.17) is 0 Å². The minimum Gasteiger partial charge on any atom is -0.275 e. The summed E-state index contributed by atoms with van der Waals surface area (Å²) >= 11 is 0. The molecule has 0 unspecified atom stereocenters. The fourth-order valence-electron chi connectivity index (χ4n) is 1.19. The van der Waals surface area contributed by atoms with Gasteiger partial charge in [0.2, 0.25) is 0 Å². The van der Waals surface area contributed by atoms with Crippen LogP contribution >= 0.6 is 0 Å². The molecule has 0 saturated carbocycles. The van der Waals surface area contributed by atoms with Gasteiger partial charge < -0.3 is 0 Å². The number of hydrogen-bond donors (Lipinski definition) is 0. The maximum Gasteiger partial charge on any atom is 0.253 e. The molecule has 0 spiro atoms. The van der Waals surface area contributed by atoms with E-state index in [0.29, 0.717) is 13.1 Å². The normalized spacial score (nSPS) is 14.7. The maximum absolute atomic E-state index is 11.1. The lowest BCUT2D eigenvalue weighted by Gasteiger charge is -2.12. The van der Waals surface area contributed by atoms with Gasteiger partial charge in [-0.15, -0.1) is 0 Å². The molecule has 0 N–H and O–H groups in total. The van der Waals surface area contributed by atoms with Crippen LogP contribution in [0.2, 0.25) is 0 Å². The molecule has 4 nitrogen and oxygen atoms in total. The Morgan fingerprint density at radius 3 is 2.50 bits per heavy atom. The highest BCUT2D eigenvalue weighted by Gasteiger charge is 2.21. The second kappa shape index (κ2) is 5.14. The van der Waals surface area contributed by atoms with Gasteiger partial charge in [0.1, 0.15) is 0 Å². The number of rotatable bonds is 5. The Morgan fingerprint density at radius 2 is 1.93 bits per heavy atom. The maximum atomic E-state index is 11.1. The highest BCUT2D eigenvalue weighted by atomic mass is 16.2. The first kappa shape index (κ1) is 10.4. The third-order valence-electron chi connectivity index (χ3n) is 1.91. The van der Waals surface area contributed by atoms with Gasteiger partial charge in [0.05, 0.1) is 0 Å². The molecule has 1 aliphatic heterocycles. The molecule has 74 valence electrons. The number of unbranched alkanes of at least 4 members (excludes halogenated alkanes) is 1. The Balaban J connectivity index is 2.22. The summed E-state index contributed by atoms with van der Waals surface area (Å²) in [5, 5.41) is 0. The zero-order valence-corrected chi connectivity index (χ0v) is 7.90. The average Bonchev–Trinajstić information content (AvgIpc) is 2.48. The largest absolute Gasteiger partial charge is 0.275 e. The molecule has 0 radical (unpaired) electrons. The van der Waals surface area contributed by atoms with E-state index >= 15 is 0 Å². The van der Waals surface area contributed by atoms with Gasteiger partial charge in [-0.05, 0) is 25.3 Å². The Kier molecular flexibility index (Phi) is 3.83. The third-order valence-corrected chi connectivity index (χ3v) is 1.91. The van der Waals surface area contributed by atoms with Crippen molar-refractivity contribution in [2.45, 2.75) is 12.8 Å². The van der Waals surface area contributed by atoms with Crippen molar-refractivity contribution in [1.29, 1.82) is 0 Å². The summed E-state index contributed by atoms with van der Waals surface area (Å²) in [6.07, 6.45) is 4.19. The summed E-state index contributed by atoms with van der Waals surface area (Å²) in [5.41, 5.74) is 0. The van der Waals surface area contributed by atoms with Crippen molar-refractivity contribution in [1.82, 2.24) is 4.90 Å². The lowest BCUT2D eigenvalue weighted by molar-refractivity contribution is -0.136. The van der Waals surface area contributed by atoms with E-state index in [1.165, 1.54) is 17.1 Å². The van der Waals surface area contributed by atoms with E-state index in [1.807, 2.05) is 0 Å². The molecule has 0 fully saturated rings. The molecule has 0 bridgehead atoms. The lowest BCUT2D eigenvalue weighted by Crippen LogP contribution is -2.30. The average molecular weight is 192 g/mol.